The third-order valence-corrected chi connectivity index (χ3v) is 9.24. The summed E-state index contributed by atoms with van der Waals surface area (Å²) in [6, 6.07) is 43.4. The van der Waals surface area contributed by atoms with Gasteiger partial charge in [0.1, 0.15) is 6.54 Å². The van der Waals surface area contributed by atoms with Crippen LogP contribution >= 0.6 is 0 Å². The molecule has 0 radical (unpaired) electrons. The van der Waals surface area contributed by atoms with Gasteiger partial charge in [0.05, 0.1) is 6.54 Å². The molecule has 50 heavy (non-hydrogen) atoms. The van der Waals surface area contributed by atoms with Crippen molar-refractivity contribution in [3.05, 3.63) is 178 Å². The molecule has 0 fully saturated rings. The fourth-order valence-corrected chi connectivity index (χ4v) is 6.74. The van der Waals surface area contributed by atoms with Crippen LogP contribution in [0.1, 0.15) is 49.8 Å². The largest absolute Gasteiger partial charge is 0.466 e. The summed E-state index contributed by atoms with van der Waals surface area (Å²) in [4.78, 5) is 50.3. The lowest BCUT2D eigenvalue weighted by Gasteiger charge is -2.33. The molecule has 2 heterocycles. The summed E-state index contributed by atoms with van der Waals surface area (Å²) >= 11 is 0. The van der Waals surface area contributed by atoms with Crippen LogP contribution in [0, 0.1) is 12.3 Å². The summed E-state index contributed by atoms with van der Waals surface area (Å²) in [7, 11) is 0. The first-order valence-electron chi connectivity index (χ1n) is 16.6. The first kappa shape index (κ1) is 32.3. The fraction of sp³-hybridized carbons (Fsp3) is 0.163. The van der Waals surface area contributed by atoms with E-state index >= 15 is 0 Å². The Morgan fingerprint density at radius 3 is 2.12 bits per heavy atom. The Morgan fingerprint density at radius 1 is 0.800 bits per heavy atom. The number of ether oxygens (including phenoxy) is 1. The van der Waals surface area contributed by atoms with Crippen LogP contribution in [-0.4, -0.2) is 51.9 Å². The highest BCUT2D eigenvalue weighted by Crippen LogP contribution is 2.46. The number of benzene rings is 5. The highest BCUT2D eigenvalue weighted by Gasteiger charge is 2.57. The predicted molar refractivity (Wildman–Crippen MR) is 192 cm³/mol. The Bertz CT molecular complexity index is 2090. The second-order valence-electron chi connectivity index (χ2n) is 12.6. The lowest BCUT2D eigenvalue weighted by molar-refractivity contribution is -0.145. The van der Waals surface area contributed by atoms with Gasteiger partial charge in [-0.2, -0.15) is 0 Å². The molecule has 2 amide bonds. The van der Waals surface area contributed by atoms with Crippen molar-refractivity contribution in [3.63, 3.8) is 0 Å². The number of hydrogen-bond donors (Lipinski definition) is 0. The Kier molecular flexibility index (Phi) is 9.09. The maximum Gasteiger partial charge on any atom is 0.256 e. The number of aliphatic imine (C=N–C) groups is 1. The van der Waals surface area contributed by atoms with E-state index in [4.69, 9.17) is 16.2 Å². The molecular formula is C43H35N3O4. The maximum atomic E-state index is 15.0. The van der Waals surface area contributed by atoms with Crippen LogP contribution in [0.2, 0.25) is 0 Å². The molecule has 0 bridgehead atoms. The number of ketones is 1. The van der Waals surface area contributed by atoms with E-state index in [1.165, 1.54) is 0 Å². The lowest BCUT2D eigenvalue weighted by atomic mass is 9.81. The molecule has 2 aliphatic heterocycles. The summed E-state index contributed by atoms with van der Waals surface area (Å²) in [6.07, 6.45) is 5.33. The van der Waals surface area contributed by atoms with E-state index in [-0.39, 0.29) is 50.2 Å². The Labute approximate surface area is 291 Å². The molecule has 0 aliphatic carbocycles. The topological polar surface area (TPSA) is 79.3 Å². The van der Waals surface area contributed by atoms with Gasteiger partial charge in [0, 0.05) is 41.8 Å². The van der Waals surface area contributed by atoms with Gasteiger partial charge in [-0.25, -0.2) is 4.99 Å². The van der Waals surface area contributed by atoms with Gasteiger partial charge in [-0.15, -0.1) is 6.42 Å². The van der Waals surface area contributed by atoms with E-state index < -0.39 is 11.6 Å². The van der Waals surface area contributed by atoms with Crippen LogP contribution in [0.15, 0.2) is 145 Å². The quantitative estimate of drug-likeness (QED) is 0.128. The minimum absolute atomic E-state index is 0.0549. The minimum Gasteiger partial charge on any atom is -0.466 e. The van der Waals surface area contributed by atoms with Crippen molar-refractivity contribution in [3.8, 4) is 12.3 Å². The number of nitrogens with zero attached hydrogens (tertiary/aromatic N) is 3. The zero-order valence-corrected chi connectivity index (χ0v) is 27.4. The molecule has 0 aromatic heterocycles. The van der Waals surface area contributed by atoms with Crippen LogP contribution in [0.4, 0.5) is 0 Å². The highest BCUT2D eigenvalue weighted by molar-refractivity contribution is 6.09. The van der Waals surface area contributed by atoms with Gasteiger partial charge in [0.15, 0.2) is 17.4 Å². The number of carbonyl (C=O) groups excluding carboxylic acids is 3. The summed E-state index contributed by atoms with van der Waals surface area (Å²) in [6.45, 7) is 0.296. The van der Waals surface area contributed by atoms with Crippen LogP contribution in [0.3, 0.4) is 0 Å². The molecule has 0 spiro atoms. The molecule has 7 rings (SSSR count). The van der Waals surface area contributed by atoms with Crippen molar-refractivity contribution in [2.75, 3.05) is 13.1 Å². The first-order valence-corrected chi connectivity index (χ1v) is 16.6. The number of rotatable bonds is 10. The third-order valence-electron chi connectivity index (χ3n) is 9.24. The number of fused-ring (bicyclic) bond motifs is 3. The second kappa shape index (κ2) is 14.1. The van der Waals surface area contributed by atoms with E-state index in [0.717, 1.165) is 27.8 Å². The fourth-order valence-electron chi connectivity index (χ4n) is 6.74. The molecule has 0 unspecified atom stereocenters. The monoisotopic (exact) mass is 657 g/mol. The molecule has 7 nitrogen and oxygen atoms in total. The van der Waals surface area contributed by atoms with Crippen LogP contribution in [0.5, 0.6) is 0 Å². The number of amides is 2. The van der Waals surface area contributed by atoms with Crippen LogP contribution in [-0.2, 0) is 33.8 Å². The Balaban J connectivity index is 1.19. The zero-order valence-electron chi connectivity index (χ0n) is 27.4. The molecular weight excluding hydrogens is 622 g/mol. The van der Waals surface area contributed by atoms with Crippen molar-refractivity contribution < 1.29 is 19.1 Å². The average molecular weight is 658 g/mol. The van der Waals surface area contributed by atoms with E-state index in [9.17, 15) is 14.4 Å². The molecule has 2 atom stereocenters. The summed E-state index contributed by atoms with van der Waals surface area (Å²) in [5.41, 5.74) is 4.08. The number of terminal acetylenes is 1. The Morgan fingerprint density at radius 2 is 1.42 bits per heavy atom. The van der Waals surface area contributed by atoms with E-state index in [2.05, 4.69) is 5.92 Å². The highest BCUT2D eigenvalue weighted by atomic mass is 16.5. The predicted octanol–water partition coefficient (Wildman–Crippen LogP) is 6.42. The van der Waals surface area contributed by atoms with Crippen molar-refractivity contribution in [1.82, 2.24) is 9.80 Å². The van der Waals surface area contributed by atoms with Crippen molar-refractivity contribution in [1.29, 1.82) is 0 Å². The molecule has 5 aromatic carbocycles. The average Bonchev–Trinajstić information content (AvgIpc) is 3.51. The molecule has 7 heteroatoms. The van der Waals surface area contributed by atoms with Crippen molar-refractivity contribution in [2.24, 2.45) is 4.99 Å². The van der Waals surface area contributed by atoms with Crippen LogP contribution < -0.4 is 0 Å². The summed E-state index contributed by atoms with van der Waals surface area (Å²) in [5, 5.41) is 0. The normalized spacial score (nSPS) is 17.7. The molecule has 0 saturated heterocycles. The van der Waals surface area contributed by atoms with E-state index in [1.807, 2.05) is 115 Å². The standard InChI is InChI=1S/C43H35N3O4/c1-2-26-45(28-32-22-24-34(25-23-32)39(48)33-16-8-4-9-17-33)38(47)30-46-29-36-20-12-13-21-37(36)40-43(42(46)49,27-31-14-6-3-7-15-31)44-41(50-40)35-18-10-5-11-19-35/h1,3-25,40H,26-30H2/t40-,43-/m0/s1. The van der Waals surface area contributed by atoms with E-state index in [1.54, 1.807) is 34.1 Å². The van der Waals surface area contributed by atoms with Gasteiger partial charge in [-0.1, -0.05) is 133 Å². The summed E-state index contributed by atoms with van der Waals surface area (Å²) in [5.74, 6) is 2.34. The van der Waals surface area contributed by atoms with Crippen molar-refractivity contribution in [2.45, 2.75) is 31.2 Å². The molecule has 2 aliphatic rings. The third kappa shape index (κ3) is 6.44. The molecule has 0 saturated carbocycles. The van der Waals surface area contributed by atoms with Crippen molar-refractivity contribution >= 4 is 23.5 Å². The molecule has 246 valence electrons. The van der Waals surface area contributed by atoms with E-state index in [0.29, 0.717) is 17.0 Å². The smallest absolute Gasteiger partial charge is 0.256 e. The van der Waals surface area contributed by atoms with Crippen LogP contribution in [0.25, 0.3) is 0 Å². The Hall–Kier alpha value is -6.26. The van der Waals surface area contributed by atoms with Gasteiger partial charge in [-0.3, -0.25) is 14.4 Å². The number of hydrogen-bond acceptors (Lipinski definition) is 5. The van der Waals surface area contributed by atoms with Gasteiger partial charge in [0.2, 0.25) is 11.8 Å². The van der Waals surface area contributed by atoms with Gasteiger partial charge in [-0.05, 0) is 28.8 Å². The minimum atomic E-state index is -1.35. The molecule has 0 N–H and O–H groups in total. The molecule has 5 aromatic rings. The first-order chi connectivity index (χ1) is 24.4. The van der Waals surface area contributed by atoms with Gasteiger partial charge < -0.3 is 14.5 Å². The lowest BCUT2D eigenvalue weighted by Crippen LogP contribution is -2.52. The van der Waals surface area contributed by atoms with Gasteiger partial charge >= 0.3 is 0 Å². The zero-order chi connectivity index (χ0) is 34.5. The number of carbonyl (C=O) groups is 3. The SMILES string of the molecule is C#CCN(Cc1ccc(C(=O)c2ccccc2)cc1)C(=O)CN1Cc2ccccc2[C@@H]2OC(c3ccccc3)=N[C@]2(Cc2ccccc2)C1=O. The van der Waals surface area contributed by atoms with Gasteiger partial charge in [0.25, 0.3) is 5.91 Å². The maximum absolute atomic E-state index is 15.0. The summed E-state index contributed by atoms with van der Waals surface area (Å²) < 4.78 is 6.63. The second-order valence-corrected chi connectivity index (χ2v) is 12.6.